The molecule has 0 bridgehead atoms. The zero-order chi connectivity index (χ0) is 25.7. The van der Waals surface area contributed by atoms with Crippen molar-refractivity contribution in [3.63, 3.8) is 0 Å². The number of nitrogens with one attached hydrogen (secondary N) is 1. The number of rotatable bonds is 9. The third kappa shape index (κ3) is 5.44. The van der Waals surface area contributed by atoms with Crippen molar-refractivity contribution in [1.29, 1.82) is 0 Å². The molecule has 1 aliphatic rings. The number of thioether (sulfide) groups is 1. The molecule has 1 aliphatic heterocycles. The van der Waals surface area contributed by atoms with Crippen molar-refractivity contribution >= 4 is 40.9 Å². The van der Waals surface area contributed by atoms with Crippen LogP contribution in [-0.4, -0.2) is 31.5 Å². The maximum absolute atomic E-state index is 13.5. The van der Waals surface area contributed by atoms with Gasteiger partial charge in [-0.25, -0.2) is 9.69 Å². The third-order valence-electron chi connectivity index (χ3n) is 5.42. The summed E-state index contributed by atoms with van der Waals surface area (Å²) in [7, 11) is 1.56. The van der Waals surface area contributed by atoms with Gasteiger partial charge in [-0.2, -0.15) is 0 Å². The zero-order valence-corrected chi connectivity index (χ0v) is 21.1. The van der Waals surface area contributed by atoms with E-state index in [-0.39, 0.29) is 10.6 Å². The Morgan fingerprint density at radius 1 is 0.972 bits per heavy atom. The molecule has 0 atom stereocenters. The highest BCUT2D eigenvalue weighted by atomic mass is 32.2. The summed E-state index contributed by atoms with van der Waals surface area (Å²) < 4.78 is 10.4. The number of ether oxygens (including phenoxy) is 2. The summed E-state index contributed by atoms with van der Waals surface area (Å²) in [5, 5.41) is 3.12. The van der Waals surface area contributed by atoms with Crippen LogP contribution in [0.3, 0.4) is 0 Å². The van der Waals surface area contributed by atoms with E-state index in [1.54, 1.807) is 55.6 Å². The number of hydrogen-bond donors (Lipinski definition) is 1. The zero-order valence-electron chi connectivity index (χ0n) is 20.2. The Balaban J connectivity index is 1.66. The van der Waals surface area contributed by atoms with Gasteiger partial charge in [-0.1, -0.05) is 42.4 Å². The number of amides is 2. The van der Waals surface area contributed by atoms with Crippen molar-refractivity contribution in [2.24, 2.45) is 0 Å². The molecule has 2 amide bonds. The van der Waals surface area contributed by atoms with E-state index in [9.17, 15) is 14.4 Å². The second-order valence-electron chi connectivity index (χ2n) is 8.10. The predicted molar refractivity (Wildman–Crippen MR) is 140 cm³/mol. The lowest BCUT2D eigenvalue weighted by Crippen LogP contribution is -2.32. The molecule has 0 saturated carbocycles. The molecule has 3 aromatic rings. The van der Waals surface area contributed by atoms with E-state index in [1.165, 1.54) is 11.8 Å². The van der Waals surface area contributed by atoms with Crippen LogP contribution < -0.4 is 15.0 Å². The number of esters is 1. The lowest BCUT2D eigenvalue weighted by molar-refractivity contribution is -0.120. The summed E-state index contributed by atoms with van der Waals surface area (Å²) in [6.45, 7) is 4.22. The number of carbonyl (C=O) groups is 3. The van der Waals surface area contributed by atoms with Gasteiger partial charge < -0.3 is 14.8 Å². The quantitative estimate of drug-likeness (QED) is 0.303. The smallest absolute Gasteiger partial charge is 0.338 e. The lowest BCUT2D eigenvalue weighted by Gasteiger charge is -2.16. The van der Waals surface area contributed by atoms with Gasteiger partial charge >= 0.3 is 5.97 Å². The highest BCUT2D eigenvalue weighted by Crippen LogP contribution is 2.38. The minimum absolute atomic E-state index is 0.172. The number of aryl methyl sites for hydroxylation is 1. The molecule has 7 nitrogen and oxygen atoms in total. The highest BCUT2D eigenvalue weighted by Gasteiger charge is 2.40. The molecule has 1 heterocycles. The first-order chi connectivity index (χ1) is 17.4. The first-order valence-electron chi connectivity index (χ1n) is 11.5. The number of nitrogens with zero attached hydrogens (tertiary/aromatic N) is 1. The minimum atomic E-state index is -0.487. The average Bonchev–Trinajstić information content (AvgIpc) is 3.12. The fraction of sp³-hybridized carbons (Fsp3) is 0.179. The third-order valence-corrected chi connectivity index (χ3v) is 6.51. The Bertz CT molecular complexity index is 1320. The van der Waals surface area contributed by atoms with Gasteiger partial charge in [0.1, 0.15) is 16.4 Å². The molecule has 184 valence electrons. The Morgan fingerprint density at radius 3 is 2.36 bits per heavy atom. The van der Waals surface area contributed by atoms with Gasteiger partial charge in [0.2, 0.25) is 0 Å². The SMILES string of the molecule is CCCOC(=O)c1ccc(N2C(=O)C(Nc3cccc(OC)c3)=C(Sc3ccc(C)cc3)C2=O)cc1. The molecule has 3 aromatic carbocycles. The van der Waals surface area contributed by atoms with Crippen LogP contribution in [0.5, 0.6) is 5.75 Å². The molecule has 0 saturated heterocycles. The summed E-state index contributed by atoms with van der Waals surface area (Å²) in [5.74, 6) is -0.764. The van der Waals surface area contributed by atoms with E-state index in [0.717, 1.165) is 21.8 Å². The molecule has 0 unspecified atom stereocenters. The monoisotopic (exact) mass is 502 g/mol. The van der Waals surface area contributed by atoms with Crippen molar-refractivity contribution in [2.45, 2.75) is 25.2 Å². The fourth-order valence-corrected chi connectivity index (χ4v) is 4.47. The first-order valence-corrected chi connectivity index (χ1v) is 12.3. The molecule has 36 heavy (non-hydrogen) atoms. The van der Waals surface area contributed by atoms with Gasteiger partial charge in [-0.05, 0) is 61.9 Å². The second-order valence-corrected chi connectivity index (χ2v) is 9.19. The van der Waals surface area contributed by atoms with Crippen LogP contribution in [0.4, 0.5) is 11.4 Å². The van der Waals surface area contributed by atoms with Crippen LogP contribution in [0.2, 0.25) is 0 Å². The number of anilines is 2. The molecule has 4 rings (SSSR count). The first kappa shape index (κ1) is 25.1. The van der Waals surface area contributed by atoms with Crippen LogP contribution in [0.15, 0.2) is 88.3 Å². The molecular formula is C28H26N2O5S. The van der Waals surface area contributed by atoms with Gasteiger partial charge in [0.15, 0.2) is 0 Å². The van der Waals surface area contributed by atoms with E-state index in [0.29, 0.717) is 29.3 Å². The van der Waals surface area contributed by atoms with Crippen LogP contribution in [0, 0.1) is 6.92 Å². The number of methoxy groups -OCH3 is 1. The van der Waals surface area contributed by atoms with Gasteiger partial charge in [0, 0.05) is 16.6 Å². The van der Waals surface area contributed by atoms with Crippen molar-refractivity contribution < 1.29 is 23.9 Å². The number of imide groups is 1. The highest BCUT2D eigenvalue weighted by molar-refractivity contribution is 8.04. The maximum Gasteiger partial charge on any atom is 0.338 e. The van der Waals surface area contributed by atoms with Crippen LogP contribution in [0.1, 0.15) is 29.3 Å². The summed E-state index contributed by atoms with van der Waals surface area (Å²) in [5.41, 5.74) is 2.59. The Morgan fingerprint density at radius 2 is 1.69 bits per heavy atom. The predicted octanol–water partition coefficient (Wildman–Crippen LogP) is 5.56. The standard InChI is InChI=1S/C28H26N2O5S/c1-4-16-35-28(33)19-10-12-21(13-11-19)30-26(31)24(29-20-6-5-7-22(17-20)34-3)25(27(30)32)36-23-14-8-18(2)9-15-23/h5-15,17,29H,4,16H2,1-3H3. The maximum atomic E-state index is 13.5. The van der Waals surface area contributed by atoms with Crippen LogP contribution in [-0.2, 0) is 14.3 Å². The summed E-state index contributed by atoms with van der Waals surface area (Å²) in [6, 6.07) is 21.1. The lowest BCUT2D eigenvalue weighted by atomic mass is 10.2. The normalized spacial score (nSPS) is 13.2. The number of carbonyl (C=O) groups excluding carboxylic acids is 3. The van der Waals surface area contributed by atoms with Gasteiger partial charge in [-0.15, -0.1) is 0 Å². The molecule has 0 spiro atoms. The van der Waals surface area contributed by atoms with Gasteiger partial charge in [0.25, 0.3) is 11.8 Å². The van der Waals surface area contributed by atoms with Crippen molar-refractivity contribution in [3.8, 4) is 5.75 Å². The van der Waals surface area contributed by atoms with E-state index >= 15 is 0 Å². The van der Waals surface area contributed by atoms with E-state index < -0.39 is 17.8 Å². The van der Waals surface area contributed by atoms with Crippen LogP contribution in [0.25, 0.3) is 0 Å². The topological polar surface area (TPSA) is 84.9 Å². The van der Waals surface area contributed by atoms with E-state index in [4.69, 9.17) is 9.47 Å². The number of hydrogen-bond acceptors (Lipinski definition) is 7. The Labute approximate surface area is 214 Å². The molecule has 0 radical (unpaired) electrons. The minimum Gasteiger partial charge on any atom is -0.497 e. The fourth-order valence-electron chi connectivity index (χ4n) is 3.54. The van der Waals surface area contributed by atoms with E-state index in [1.807, 2.05) is 38.1 Å². The largest absolute Gasteiger partial charge is 0.497 e. The number of benzene rings is 3. The molecule has 1 N–H and O–H groups in total. The molecule has 0 fully saturated rings. The Kier molecular flexibility index (Phi) is 7.75. The molecular weight excluding hydrogens is 476 g/mol. The van der Waals surface area contributed by atoms with Crippen molar-refractivity contribution in [1.82, 2.24) is 0 Å². The van der Waals surface area contributed by atoms with E-state index in [2.05, 4.69) is 5.32 Å². The molecule has 0 aliphatic carbocycles. The second kappa shape index (κ2) is 11.1. The molecule has 0 aromatic heterocycles. The summed E-state index contributed by atoms with van der Waals surface area (Å²) in [6.07, 6.45) is 0.719. The Hall–Kier alpha value is -4.04. The summed E-state index contributed by atoms with van der Waals surface area (Å²) in [4.78, 5) is 41.4. The van der Waals surface area contributed by atoms with Gasteiger partial charge in [0.05, 0.1) is 25.0 Å². The van der Waals surface area contributed by atoms with Crippen molar-refractivity contribution in [2.75, 3.05) is 23.9 Å². The summed E-state index contributed by atoms with van der Waals surface area (Å²) >= 11 is 1.22. The average molecular weight is 503 g/mol. The van der Waals surface area contributed by atoms with Crippen LogP contribution >= 0.6 is 11.8 Å². The molecule has 8 heteroatoms. The van der Waals surface area contributed by atoms with Crippen molar-refractivity contribution in [3.05, 3.63) is 94.5 Å². The van der Waals surface area contributed by atoms with Gasteiger partial charge in [-0.3, -0.25) is 9.59 Å².